The molecule has 2 atom stereocenters. The largest absolute Gasteiger partial charge is 0.463 e. The van der Waals surface area contributed by atoms with E-state index in [-0.39, 0.29) is 30.8 Å². The topological polar surface area (TPSA) is 146 Å². The van der Waals surface area contributed by atoms with E-state index in [4.69, 9.17) is 14.2 Å². The molecule has 1 aromatic rings. The van der Waals surface area contributed by atoms with Gasteiger partial charge >= 0.3 is 23.2 Å². The number of esters is 3. The Morgan fingerprint density at radius 3 is 1.88 bits per heavy atom. The first kappa shape index (κ1) is 27.8. The number of hydrogen-bond donors (Lipinski definition) is 2. The van der Waals surface area contributed by atoms with Crippen molar-refractivity contribution in [2.75, 3.05) is 32.7 Å². The molecule has 0 fully saturated rings. The fourth-order valence-electron chi connectivity index (χ4n) is 1.93. The van der Waals surface area contributed by atoms with Gasteiger partial charge in [-0.05, 0) is 30.7 Å². The number of benzene rings is 1. The van der Waals surface area contributed by atoms with Gasteiger partial charge in [0.1, 0.15) is 25.9 Å². The summed E-state index contributed by atoms with van der Waals surface area (Å²) >= 11 is 0. The van der Waals surface area contributed by atoms with Gasteiger partial charge in [-0.1, -0.05) is 17.7 Å². The van der Waals surface area contributed by atoms with Gasteiger partial charge in [-0.15, -0.1) is 0 Å². The monoisotopic (exact) mass is 490 g/mol. The summed E-state index contributed by atoms with van der Waals surface area (Å²) in [5.41, 5.74) is 0.361. The number of methoxy groups -OCH3 is 1. The van der Waals surface area contributed by atoms with E-state index in [1.54, 1.807) is 6.92 Å². The molecular formula is C20H26O10S2. The fraction of sp³-hybridized carbons (Fsp3) is 0.500. The Hall–Kier alpha value is -2.28. The van der Waals surface area contributed by atoms with Gasteiger partial charge in [0.05, 0.1) is 30.8 Å². The quantitative estimate of drug-likeness (QED) is 0.181. The van der Waals surface area contributed by atoms with Crippen LogP contribution in [0.25, 0.3) is 0 Å². The number of carbonyl (C=O) groups is 4. The lowest BCUT2D eigenvalue weighted by Crippen LogP contribution is -2.25. The summed E-state index contributed by atoms with van der Waals surface area (Å²) < 4.78 is 19.2. The summed E-state index contributed by atoms with van der Waals surface area (Å²) in [4.78, 5) is 46.4. The zero-order valence-corrected chi connectivity index (χ0v) is 19.3. The van der Waals surface area contributed by atoms with E-state index >= 15 is 0 Å². The summed E-state index contributed by atoms with van der Waals surface area (Å²) in [5.74, 6) is -1.60. The summed E-state index contributed by atoms with van der Waals surface area (Å²) in [6.45, 7) is 0.897. The Balaban J connectivity index is 2.30. The maximum atomic E-state index is 12.0. The van der Waals surface area contributed by atoms with Crippen LogP contribution in [-0.2, 0) is 23.7 Å². The molecule has 0 amide bonds. The van der Waals surface area contributed by atoms with Crippen LogP contribution >= 0.6 is 21.6 Å². The van der Waals surface area contributed by atoms with Gasteiger partial charge in [0.2, 0.25) is 0 Å². The first-order valence-corrected chi connectivity index (χ1v) is 11.9. The molecule has 2 N–H and O–H groups in total. The van der Waals surface area contributed by atoms with E-state index in [1.165, 1.54) is 31.4 Å². The van der Waals surface area contributed by atoms with Gasteiger partial charge in [0.15, 0.2) is 0 Å². The predicted molar refractivity (Wildman–Crippen MR) is 117 cm³/mol. The average molecular weight is 491 g/mol. The highest BCUT2D eigenvalue weighted by molar-refractivity contribution is 8.82. The number of hydrogen-bond acceptors (Lipinski definition) is 12. The third-order valence-corrected chi connectivity index (χ3v) is 5.81. The standard InChI is InChI=1S/C20H26O10S2/c1-3-15(21)10-29-18(24)13-4-6-14(7-5-13)19(25)30-12-16(22)11-28-17(23)8-9-31-32-20(26)27-2/h4-7,15-16,21-22H,3,8-12H2,1-2H3. The molecule has 12 heteroatoms. The lowest BCUT2D eigenvalue weighted by atomic mass is 10.1. The molecule has 0 saturated carbocycles. The highest BCUT2D eigenvalue weighted by Gasteiger charge is 2.15. The molecule has 1 aromatic carbocycles. The van der Waals surface area contributed by atoms with Crippen LogP contribution in [0.1, 0.15) is 40.5 Å². The van der Waals surface area contributed by atoms with Crippen LogP contribution in [0.4, 0.5) is 4.79 Å². The minimum absolute atomic E-state index is 0.0351. The van der Waals surface area contributed by atoms with Gasteiger partial charge in [-0.3, -0.25) is 4.79 Å². The Bertz CT molecular complexity index is 753. The molecule has 10 nitrogen and oxygen atoms in total. The summed E-state index contributed by atoms with van der Waals surface area (Å²) in [7, 11) is 3.26. The van der Waals surface area contributed by atoms with Crippen molar-refractivity contribution in [3.63, 3.8) is 0 Å². The van der Waals surface area contributed by atoms with Crippen LogP contribution < -0.4 is 0 Å². The average Bonchev–Trinajstić information content (AvgIpc) is 2.81. The second-order valence-corrected chi connectivity index (χ2v) is 8.63. The van der Waals surface area contributed by atoms with E-state index in [9.17, 15) is 29.4 Å². The Labute approximate surface area is 193 Å². The first-order valence-electron chi connectivity index (χ1n) is 9.60. The smallest absolute Gasteiger partial charge is 0.377 e. The van der Waals surface area contributed by atoms with Gasteiger partial charge in [0.25, 0.3) is 0 Å². The molecule has 32 heavy (non-hydrogen) atoms. The van der Waals surface area contributed by atoms with Crippen molar-refractivity contribution in [2.45, 2.75) is 32.0 Å². The lowest BCUT2D eigenvalue weighted by molar-refractivity contribution is -0.146. The van der Waals surface area contributed by atoms with Crippen LogP contribution in [0, 0.1) is 0 Å². The summed E-state index contributed by atoms with van der Waals surface area (Å²) in [6, 6.07) is 5.50. The maximum Gasteiger partial charge on any atom is 0.377 e. The molecule has 0 saturated heterocycles. The van der Waals surface area contributed by atoms with Crippen LogP contribution in [0.2, 0.25) is 0 Å². The van der Waals surface area contributed by atoms with Crippen molar-refractivity contribution >= 4 is 44.8 Å². The molecule has 0 aliphatic carbocycles. The van der Waals surface area contributed by atoms with Gasteiger partial charge < -0.3 is 29.2 Å². The minimum Gasteiger partial charge on any atom is -0.463 e. The molecule has 0 aliphatic rings. The van der Waals surface area contributed by atoms with Crippen molar-refractivity contribution in [1.29, 1.82) is 0 Å². The van der Waals surface area contributed by atoms with Crippen molar-refractivity contribution in [3.8, 4) is 0 Å². The number of rotatable bonds is 13. The molecule has 0 aliphatic heterocycles. The maximum absolute atomic E-state index is 12.0. The third-order valence-electron chi connectivity index (χ3n) is 3.76. The van der Waals surface area contributed by atoms with E-state index in [1.807, 2.05) is 0 Å². The van der Waals surface area contributed by atoms with Crippen LogP contribution in [0.15, 0.2) is 24.3 Å². The van der Waals surface area contributed by atoms with E-state index < -0.39 is 42.0 Å². The van der Waals surface area contributed by atoms with E-state index in [2.05, 4.69) is 4.74 Å². The van der Waals surface area contributed by atoms with Gasteiger partial charge in [-0.25, -0.2) is 14.4 Å². The number of aliphatic hydroxyl groups excluding tert-OH is 2. The zero-order valence-electron chi connectivity index (χ0n) is 17.7. The van der Waals surface area contributed by atoms with Crippen LogP contribution in [-0.4, -0.2) is 78.3 Å². The summed E-state index contributed by atoms with van der Waals surface area (Å²) in [5, 5.41) is 18.7. The Morgan fingerprint density at radius 1 is 0.875 bits per heavy atom. The molecule has 0 radical (unpaired) electrons. The minimum atomic E-state index is -1.21. The van der Waals surface area contributed by atoms with Gasteiger partial charge in [-0.2, -0.15) is 0 Å². The first-order chi connectivity index (χ1) is 15.3. The molecule has 2 unspecified atom stereocenters. The second kappa shape index (κ2) is 15.5. The van der Waals surface area contributed by atoms with Crippen LogP contribution in [0.3, 0.4) is 0 Å². The molecule has 0 bridgehead atoms. The van der Waals surface area contributed by atoms with Gasteiger partial charge in [0, 0.05) is 16.5 Å². The van der Waals surface area contributed by atoms with Crippen molar-refractivity contribution in [1.82, 2.24) is 0 Å². The number of carbonyl (C=O) groups excluding carboxylic acids is 4. The molecule has 1 rings (SSSR count). The zero-order chi connectivity index (χ0) is 23.9. The Kier molecular flexibility index (Phi) is 13.5. The predicted octanol–water partition coefficient (Wildman–Crippen LogP) is 2.21. The van der Waals surface area contributed by atoms with E-state index in [0.29, 0.717) is 12.2 Å². The number of aliphatic hydroxyl groups is 2. The molecular weight excluding hydrogens is 464 g/mol. The normalized spacial score (nSPS) is 12.4. The van der Waals surface area contributed by atoms with E-state index in [0.717, 1.165) is 21.6 Å². The molecule has 0 aromatic heterocycles. The highest BCUT2D eigenvalue weighted by Crippen LogP contribution is 2.23. The second-order valence-electron chi connectivity index (χ2n) is 6.28. The van der Waals surface area contributed by atoms with Crippen molar-refractivity contribution in [2.24, 2.45) is 0 Å². The SMILES string of the molecule is CCC(O)COC(=O)c1ccc(C(=O)OCC(O)COC(=O)CCSSC(=O)OC)cc1. The summed E-state index contributed by atoms with van der Waals surface area (Å²) in [6.07, 6.45) is -1.45. The lowest BCUT2D eigenvalue weighted by Gasteiger charge is -2.12. The molecule has 0 heterocycles. The number of ether oxygens (including phenoxy) is 4. The van der Waals surface area contributed by atoms with Crippen molar-refractivity contribution in [3.05, 3.63) is 35.4 Å². The Morgan fingerprint density at radius 2 is 1.38 bits per heavy atom. The third kappa shape index (κ3) is 11.4. The highest BCUT2D eigenvalue weighted by atomic mass is 33.1. The molecule has 178 valence electrons. The fourth-order valence-corrected chi connectivity index (χ4v) is 3.42. The van der Waals surface area contributed by atoms with Crippen molar-refractivity contribution < 1.29 is 48.3 Å². The molecule has 0 spiro atoms. The van der Waals surface area contributed by atoms with Crippen LogP contribution in [0.5, 0.6) is 0 Å².